The zero-order valence-electron chi connectivity index (χ0n) is 64.4. The molecule has 6 aromatic heterocycles. The van der Waals surface area contributed by atoms with Gasteiger partial charge in [0.25, 0.3) is 0 Å². The molecule has 8 amide bonds. The lowest BCUT2D eigenvalue weighted by molar-refractivity contribution is -0.197. The van der Waals surface area contributed by atoms with E-state index in [9.17, 15) is 48.6 Å². The van der Waals surface area contributed by atoms with Crippen molar-refractivity contribution in [2.45, 2.75) is 190 Å². The van der Waals surface area contributed by atoms with Crippen molar-refractivity contribution in [2.75, 3.05) is 43.8 Å². The molecule has 0 saturated carbocycles. The van der Waals surface area contributed by atoms with Crippen molar-refractivity contribution in [3.8, 4) is 0 Å². The number of aromatic nitrogens is 12. The summed E-state index contributed by atoms with van der Waals surface area (Å²) in [5.41, 5.74) is 4.71. The van der Waals surface area contributed by atoms with Crippen LogP contribution in [0.3, 0.4) is 0 Å². The minimum atomic E-state index is -1.08. The van der Waals surface area contributed by atoms with Gasteiger partial charge in [0.05, 0.1) is 42.9 Å². The number of fused-ring (bicyclic) bond motifs is 6. The summed E-state index contributed by atoms with van der Waals surface area (Å²) in [6, 6.07) is 30.8. The van der Waals surface area contributed by atoms with Gasteiger partial charge in [-0.2, -0.15) is 0 Å². The molecule has 4 aromatic carbocycles. The topological polar surface area (TPSA) is 499 Å². The maximum atomic E-state index is 12.9. The van der Waals surface area contributed by atoms with Gasteiger partial charge in [0.15, 0.2) is 87.0 Å². The molecule has 10 aromatic rings. The molecule has 0 bridgehead atoms. The monoisotopic (exact) mass is 1620 g/mol. The third-order valence-corrected chi connectivity index (χ3v) is 20.3. The van der Waals surface area contributed by atoms with E-state index >= 15 is 0 Å². The average Bonchev–Trinajstić information content (AvgIpc) is 1.60. The van der Waals surface area contributed by atoms with Gasteiger partial charge in [0.1, 0.15) is 61.6 Å². The third-order valence-electron chi connectivity index (χ3n) is 20.3. The Morgan fingerprint density at radius 3 is 1.15 bits per heavy atom. The van der Waals surface area contributed by atoms with Crippen LogP contribution in [0, 0.1) is 0 Å². The number of likely N-dealkylation sites (tertiary alicyclic amines) is 1. The van der Waals surface area contributed by atoms with Gasteiger partial charge in [0.2, 0.25) is 11.8 Å². The number of aromatic carboxylic acids is 1. The summed E-state index contributed by atoms with van der Waals surface area (Å²) < 4.78 is 60.9. The second-order valence-electron chi connectivity index (χ2n) is 29.9. The van der Waals surface area contributed by atoms with E-state index in [1.165, 1.54) is 42.3 Å². The SMILES string of the molecule is CC1(C)OC2C(CCC(=O)N3CCCC3C(=O)O)OC(n3cnc4c(NC(=O)Nc5ccccc5)ncnc43)C2O1.CC1(C)OC2C(CCC(=O)Nc3cccc(C(=O)O)c3)OC(n3cnc4c(NC(=O)Nc5ccccc5)ncnc43)C2O1.CC1(C)OC2C(CCC(=O)O)OC(n3cnc4c(NC(=O)Nc5ccccc5)ncnc43)C2O1. The van der Waals surface area contributed by atoms with E-state index in [1.807, 2.05) is 82.3 Å². The molecule has 7 aliphatic heterocycles. The number of rotatable bonds is 21. The lowest BCUT2D eigenvalue weighted by Crippen LogP contribution is -2.41. The highest BCUT2D eigenvalue weighted by molar-refractivity contribution is 6.05. The molecule has 7 fully saturated rings. The van der Waals surface area contributed by atoms with Crippen molar-refractivity contribution in [1.29, 1.82) is 0 Å². The summed E-state index contributed by atoms with van der Waals surface area (Å²) in [6.07, 6.45) is 4.43. The Balaban J connectivity index is 0.000000139. The van der Waals surface area contributed by atoms with Gasteiger partial charge >= 0.3 is 36.0 Å². The maximum absolute atomic E-state index is 12.9. The van der Waals surface area contributed by atoms with E-state index < -0.39 is 133 Å². The van der Waals surface area contributed by atoms with Crippen molar-refractivity contribution >= 4 is 122 Å². The van der Waals surface area contributed by atoms with Crippen LogP contribution < -0.4 is 37.2 Å². The lowest BCUT2D eigenvalue weighted by Gasteiger charge is -2.25. The van der Waals surface area contributed by atoms with Gasteiger partial charge in [0, 0.05) is 48.6 Å². The molecule has 118 heavy (non-hydrogen) atoms. The van der Waals surface area contributed by atoms with Crippen molar-refractivity contribution in [3.63, 3.8) is 0 Å². The van der Waals surface area contributed by atoms with Crippen LogP contribution in [0.5, 0.6) is 0 Å². The quantitative estimate of drug-likeness (QED) is 0.0320. The molecule has 616 valence electrons. The van der Waals surface area contributed by atoms with E-state index in [2.05, 4.69) is 82.1 Å². The first kappa shape index (κ1) is 80.5. The highest BCUT2D eigenvalue weighted by Gasteiger charge is 2.59. The van der Waals surface area contributed by atoms with Gasteiger partial charge < -0.3 is 84.1 Å². The highest BCUT2D eigenvalue weighted by atomic mass is 16.8. The molecule has 0 spiro atoms. The number of urea groups is 3. The fourth-order valence-corrected chi connectivity index (χ4v) is 15.3. The molecule has 7 saturated heterocycles. The second-order valence-corrected chi connectivity index (χ2v) is 29.9. The largest absolute Gasteiger partial charge is 0.481 e. The molecule has 40 nitrogen and oxygen atoms in total. The fourth-order valence-electron chi connectivity index (χ4n) is 15.3. The molecule has 0 aliphatic carbocycles. The predicted molar refractivity (Wildman–Crippen MR) is 416 cm³/mol. The smallest absolute Gasteiger partial charge is 0.335 e. The number of benzene rings is 4. The minimum absolute atomic E-state index is 0.0537. The molecule has 0 radical (unpaired) electrons. The predicted octanol–water partition coefficient (Wildman–Crippen LogP) is 9.50. The molecule has 13 heterocycles. The van der Waals surface area contributed by atoms with E-state index in [1.54, 1.807) is 88.7 Å². The first-order chi connectivity index (χ1) is 56.7. The number of anilines is 7. The summed E-state index contributed by atoms with van der Waals surface area (Å²) in [6.45, 7) is 11.3. The van der Waals surface area contributed by atoms with E-state index in [0.717, 1.165) is 0 Å². The summed E-state index contributed by atoms with van der Waals surface area (Å²) >= 11 is 0. The fraction of sp³-hybridized carbons (Fsp3) is 0.397. The van der Waals surface area contributed by atoms with Crippen molar-refractivity contribution in [3.05, 3.63) is 159 Å². The average molecular weight is 1620 g/mol. The second kappa shape index (κ2) is 33.9. The zero-order chi connectivity index (χ0) is 82.7. The Kier molecular flexibility index (Phi) is 23.1. The Morgan fingerprint density at radius 2 is 0.780 bits per heavy atom. The molecular formula is C78H84N20O20. The Bertz CT molecular complexity index is 5390. The minimum Gasteiger partial charge on any atom is -0.481 e. The van der Waals surface area contributed by atoms with Crippen LogP contribution in [0.1, 0.15) is 122 Å². The first-order valence-corrected chi connectivity index (χ1v) is 38.0. The Morgan fingerprint density at radius 1 is 0.415 bits per heavy atom. The third kappa shape index (κ3) is 18.0. The Hall–Kier alpha value is -12.7. The number of amides is 8. The van der Waals surface area contributed by atoms with Crippen molar-refractivity contribution < 1.29 is 96.3 Å². The van der Waals surface area contributed by atoms with Crippen LogP contribution >= 0.6 is 0 Å². The molecule has 7 aliphatic rings. The van der Waals surface area contributed by atoms with Gasteiger partial charge in [-0.15, -0.1) is 0 Å². The number of carbonyl (C=O) groups excluding carboxylic acids is 5. The van der Waals surface area contributed by atoms with Gasteiger partial charge in [-0.05, 0) is 128 Å². The molecule has 10 N–H and O–H groups in total. The number of carbonyl (C=O) groups is 8. The number of carboxylic acids is 3. The number of para-hydroxylation sites is 3. The standard InChI is InChI=1S/C29H29N7O7.C27H31N7O7.C22H24N6O6/c1-29(2)42-22-19(11-12-20(37)33-18-10-6-7-16(13-18)27(38)39)41-26(23(22)43-29)36-15-32-21-24(30-14-31-25(21)36)35-28(40)34-17-8-4-3-5-9-17;1-27(2)40-20-17(10-11-18(35)33-12-6-9-16(33)25(36)37)39-24(21(20)41-27)34-14-30-19-22(28-13-29-23(19)34)32-26(38)31-15-7-4-3-5-8-15;1-22(2)33-16-13(8-9-14(29)30)32-20(17(16)34-22)28-11-25-15-18(23-10-24-19(15)28)27-21(31)26-12-6-4-3-5-7-12/h3-10,13-15,19,22-23,26H,11-12H2,1-2H3,(H,33,37)(H,38,39)(H2,30,31,34,35,40);3-5,7-8,13-14,16-17,20-21,24H,6,9-12H2,1-2H3,(H,36,37)(H2,28,29,31,32,38);3-7,10-11,13,16-17,20H,8-9H2,1-2H3,(H,29,30)(H2,23,24,26,27,31). The highest BCUT2D eigenvalue weighted by Crippen LogP contribution is 2.49. The van der Waals surface area contributed by atoms with Crippen LogP contribution in [-0.4, -0.2) is 211 Å². The van der Waals surface area contributed by atoms with E-state index in [-0.39, 0.29) is 60.5 Å². The normalized spacial score (nSPS) is 24.6. The number of carboxylic acid groups (broad SMARTS) is 3. The van der Waals surface area contributed by atoms with E-state index in [4.69, 9.17) is 47.7 Å². The van der Waals surface area contributed by atoms with E-state index in [0.29, 0.717) is 88.5 Å². The number of nitrogens with one attached hydrogen (secondary N) is 7. The van der Waals surface area contributed by atoms with Gasteiger partial charge in [-0.3, -0.25) is 44.0 Å². The molecule has 13 unspecified atom stereocenters. The van der Waals surface area contributed by atoms with Crippen LogP contribution in [0.2, 0.25) is 0 Å². The van der Waals surface area contributed by atoms with Gasteiger partial charge in [-0.1, -0.05) is 60.7 Å². The summed E-state index contributed by atoms with van der Waals surface area (Å²) in [4.78, 5) is 138. The molecular weight excluding hydrogens is 1540 g/mol. The van der Waals surface area contributed by atoms with Crippen molar-refractivity contribution in [1.82, 2.24) is 63.5 Å². The Labute approximate surface area is 671 Å². The summed E-state index contributed by atoms with van der Waals surface area (Å²) in [7, 11) is 0. The van der Waals surface area contributed by atoms with Crippen LogP contribution in [-0.2, 0) is 61.8 Å². The van der Waals surface area contributed by atoms with Crippen molar-refractivity contribution in [2.24, 2.45) is 0 Å². The van der Waals surface area contributed by atoms with Crippen LogP contribution in [0.25, 0.3) is 33.5 Å². The van der Waals surface area contributed by atoms with Gasteiger partial charge in [-0.25, -0.2) is 68.8 Å². The maximum Gasteiger partial charge on any atom is 0.335 e. The number of nitrogens with zero attached hydrogens (tertiary/aromatic N) is 13. The van der Waals surface area contributed by atoms with Crippen LogP contribution in [0.4, 0.5) is 54.6 Å². The molecule has 13 atom stereocenters. The number of ether oxygens (including phenoxy) is 9. The number of imidazole rings is 3. The van der Waals surface area contributed by atoms with Crippen LogP contribution in [0.15, 0.2) is 153 Å². The molecule has 17 rings (SSSR count). The summed E-state index contributed by atoms with van der Waals surface area (Å²) in [5, 5.41) is 46.9. The lowest BCUT2D eigenvalue weighted by atomic mass is 10.1. The zero-order valence-corrected chi connectivity index (χ0v) is 64.4. The molecule has 40 heteroatoms. The number of aliphatic carboxylic acids is 2. The summed E-state index contributed by atoms with van der Waals surface area (Å²) in [5.74, 6) is -5.42. The number of hydrogen-bond acceptors (Lipinski definition) is 26. The first-order valence-electron chi connectivity index (χ1n) is 38.0. The number of hydrogen-bond donors (Lipinski definition) is 10.